The van der Waals surface area contributed by atoms with Gasteiger partial charge in [0.1, 0.15) is 0 Å². The minimum absolute atomic E-state index is 0.0138. The maximum absolute atomic E-state index is 12.0. The lowest BCUT2D eigenvalue weighted by Gasteiger charge is -2.21. The van der Waals surface area contributed by atoms with Crippen molar-refractivity contribution in [2.75, 3.05) is 11.4 Å². The Kier molecular flexibility index (Phi) is 7.19. The van der Waals surface area contributed by atoms with E-state index in [4.69, 9.17) is 4.74 Å². The Morgan fingerprint density at radius 3 is 2.32 bits per heavy atom. The zero-order valence-corrected chi connectivity index (χ0v) is 15.0. The summed E-state index contributed by atoms with van der Waals surface area (Å²) in [4.78, 5) is 24.9. The lowest BCUT2D eigenvalue weighted by molar-refractivity contribution is -0.149. The zero-order valence-electron chi connectivity index (χ0n) is 15.0. The molecule has 5 heteroatoms. The van der Waals surface area contributed by atoms with Gasteiger partial charge in [0.2, 0.25) is 12.2 Å². The SMILES string of the molecule is CCCCCCCCN(C(C)=O)c1ccc(C2=CC(=O)OC2O)cc1. The van der Waals surface area contributed by atoms with Crippen molar-refractivity contribution in [3.8, 4) is 0 Å². The van der Waals surface area contributed by atoms with Crippen LogP contribution in [-0.4, -0.2) is 29.8 Å². The molecule has 1 heterocycles. The van der Waals surface area contributed by atoms with Crippen LogP contribution in [0.15, 0.2) is 30.3 Å². The molecule has 1 amide bonds. The van der Waals surface area contributed by atoms with Crippen molar-refractivity contribution in [2.45, 2.75) is 58.7 Å². The van der Waals surface area contributed by atoms with Crippen LogP contribution in [0.25, 0.3) is 5.57 Å². The van der Waals surface area contributed by atoms with Gasteiger partial charge in [0.05, 0.1) is 0 Å². The average Bonchev–Trinajstić information content (AvgIpc) is 2.92. The van der Waals surface area contributed by atoms with Crippen LogP contribution in [0.4, 0.5) is 5.69 Å². The first-order valence-electron chi connectivity index (χ1n) is 9.01. The van der Waals surface area contributed by atoms with Crippen LogP contribution in [0.3, 0.4) is 0 Å². The number of rotatable bonds is 9. The molecule has 1 aliphatic rings. The molecule has 1 N–H and O–H groups in total. The van der Waals surface area contributed by atoms with Gasteiger partial charge >= 0.3 is 5.97 Å². The second kappa shape index (κ2) is 9.37. The van der Waals surface area contributed by atoms with Gasteiger partial charge in [-0.3, -0.25) is 4.79 Å². The molecule has 1 aromatic rings. The van der Waals surface area contributed by atoms with Gasteiger partial charge in [0, 0.05) is 30.8 Å². The molecule has 0 aliphatic carbocycles. The minimum atomic E-state index is -1.22. The fourth-order valence-corrected chi connectivity index (χ4v) is 2.98. The lowest BCUT2D eigenvalue weighted by atomic mass is 10.1. The number of benzene rings is 1. The number of carbonyl (C=O) groups excluding carboxylic acids is 2. The molecule has 0 aromatic heterocycles. The van der Waals surface area contributed by atoms with E-state index in [9.17, 15) is 14.7 Å². The molecule has 1 atom stereocenters. The number of amides is 1. The first-order chi connectivity index (χ1) is 12.0. The Morgan fingerprint density at radius 1 is 1.12 bits per heavy atom. The summed E-state index contributed by atoms with van der Waals surface area (Å²) >= 11 is 0. The highest BCUT2D eigenvalue weighted by atomic mass is 16.6. The minimum Gasteiger partial charge on any atom is -0.428 e. The van der Waals surface area contributed by atoms with Gasteiger partial charge in [0.15, 0.2) is 0 Å². The second-order valence-corrected chi connectivity index (χ2v) is 6.37. The van der Waals surface area contributed by atoms with Crippen molar-refractivity contribution in [2.24, 2.45) is 0 Å². The fraction of sp³-hybridized carbons (Fsp3) is 0.500. The molecule has 0 spiro atoms. The quantitative estimate of drug-likeness (QED) is 0.548. The van der Waals surface area contributed by atoms with Crippen LogP contribution in [-0.2, 0) is 14.3 Å². The summed E-state index contributed by atoms with van der Waals surface area (Å²) in [6.07, 6.45) is 7.14. The molecule has 2 rings (SSSR count). The summed E-state index contributed by atoms with van der Waals surface area (Å²) < 4.78 is 4.70. The van der Waals surface area contributed by atoms with E-state index in [-0.39, 0.29) is 5.91 Å². The van der Waals surface area contributed by atoms with E-state index in [1.54, 1.807) is 24.0 Å². The van der Waals surface area contributed by atoms with Crippen molar-refractivity contribution in [3.05, 3.63) is 35.9 Å². The predicted molar refractivity (Wildman–Crippen MR) is 97.9 cm³/mol. The van der Waals surface area contributed by atoms with E-state index in [0.29, 0.717) is 17.7 Å². The molecule has 1 aliphatic heterocycles. The normalized spacial score (nSPS) is 16.5. The Morgan fingerprint density at radius 2 is 1.76 bits per heavy atom. The largest absolute Gasteiger partial charge is 0.428 e. The summed E-state index contributed by atoms with van der Waals surface area (Å²) in [5.41, 5.74) is 1.98. The van der Waals surface area contributed by atoms with Crippen molar-refractivity contribution in [1.82, 2.24) is 0 Å². The van der Waals surface area contributed by atoms with E-state index in [0.717, 1.165) is 18.5 Å². The van der Waals surface area contributed by atoms with Gasteiger partial charge in [-0.05, 0) is 24.1 Å². The molecular formula is C20H27NO4. The third kappa shape index (κ3) is 5.43. The third-order valence-electron chi connectivity index (χ3n) is 4.39. The number of aliphatic hydroxyl groups excluding tert-OH is 1. The standard InChI is InChI=1S/C20H27NO4/c1-3-4-5-6-7-8-13-21(15(2)22)17-11-9-16(10-12-17)18-14-19(23)25-20(18)24/h9-12,14,20,24H,3-8,13H2,1-2H3. The van der Waals surface area contributed by atoms with E-state index < -0.39 is 12.3 Å². The number of hydrogen-bond donors (Lipinski definition) is 1. The predicted octanol–water partition coefficient (Wildman–Crippen LogP) is 3.66. The molecule has 1 aromatic carbocycles. The molecule has 0 radical (unpaired) electrons. The highest BCUT2D eigenvalue weighted by Gasteiger charge is 2.25. The van der Waals surface area contributed by atoms with Crippen molar-refractivity contribution < 1.29 is 19.4 Å². The van der Waals surface area contributed by atoms with Gasteiger partial charge in [-0.15, -0.1) is 0 Å². The topological polar surface area (TPSA) is 66.8 Å². The maximum atomic E-state index is 12.0. The molecule has 0 fully saturated rings. The van der Waals surface area contributed by atoms with Gasteiger partial charge in [-0.25, -0.2) is 4.79 Å². The second-order valence-electron chi connectivity index (χ2n) is 6.37. The Labute approximate surface area is 149 Å². The molecule has 0 saturated heterocycles. The fourth-order valence-electron chi connectivity index (χ4n) is 2.98. The summed E-state index contributed by atoms with van der Waals surface area (Å²) in [7, 11) is 0. The molecule has 0 saturated carbocycles. The van der Waals surface area contributed by atoms with E-state index in [2.05, 4.69) is 6.92 Å². The van der Waals surface area contributed by atoms with Crippen LogP contribution in [0.1, 0.15) is 57.9 Å². The molecule has 25 heavy (non-hydrogen) atoms. The first-order valence-corrected chi connectivity index (χ1v) is 9.01. The highest BCUT2D eigenvalue weighted by molar-refractivity contribution is 5.97. The van der Waals surface area contributed by atoms with Crippen molar-refractivity contribution in [3.63, 3.8) is 0 Å². The van der Waals surface area contributed by atoms with Crippen LogP contribution >= 0.6 is 0 Å². The monoisotopic (exact) mass is 345 g/mol. The van der Waals surface area contributed by atoms with Gasteiger partial charge in [0.25, 0.3) is 0 Å². The highest BCUT2D eigenvalue weighted by Crippen LogP contribution is 2.27. The molecular weight excluding hydrogens is 318 g/mol. The first kappa shape index (κ1) is 19.2. The van der Waals surface area contributed by atoms with Gasteiger partial charge < -0.3 is 14.7 Å². The Bertz CT molecular complexity index is 621. The van der Waals surface area contributed by atoms with Gasteiger partial charge in [-0.2, -0.15) is 0 Å². The number of nitrogens with zero attached hydrogens (tertiary/aromatic N) is 1. The summed E-state index contributed by atoms with van der Waals surface area (Å²) in [5, 5.41) is 9.71. The van der Waals surface area contributed by atoms with Gasteiger partial charge in [-0.1, -0.05) is 51.2 Å². The zero-order chi connectivity index (χ0) is 18.2. The van der Waals surface area contributed by atoms with Crippen LogP contribution < -0.4 is 4.90 Å². The number of carbonyl (C=O) groups is 2. The molecule has 0 bridgehead atoms. The number of hydrogen-bond acceptors (Lipinski definition) is 4. The number of esters is 1. The molecule has 1 unspecified atom stereocenters. The van der Waals surface area contributed by atoms with E-state index >= 15 is 0 Å². The third-order valence-corrected chi connectivity index (χ3v) is 4.39. The van der Waals surface area contributed by atoms with Crippen LogP contribution in [0, 0.1) is 0 Å². The van der Waals surface area contributed by atoms with Crippen molar-refractivity contribution >= 4 is 23.1 Å². The van der Waals surface area contributed by atoms with Crippen molar-refractivity contribution in [1.29, 1.82) is 0 Å². The van der Waals surface area contributed by atoms with Crippen LogP contribution in [0.5, 0.6) is 0 Å². The summed E-state index contributed by atoms with van der Waals surface area (Å²) in [6, 6.07) is 7.27. The average molecular weight is 345 g/mol. The number of cyclic esters (lactones) is 1. The van der Waals surface area contributed by atoms with E-state index in [1.807, 2.05) is 12.1 Å². The Balaban J connectivity index is 1.96. The maximum Gasteiger partial charge on any atom is 0.333 e. The Hall–Kier alpha value is -2.14. The summed E-state index contributed by atoms with van der Waals surface area (Å²) in [6.45, 7) is 4.47. The lowest BCUT2D eigenvalue weighted by Crippen LogP contribution is -2.29. The summed E-state index contributed by atoms with van der Waals surface area (Å²) in [5.74, 6) is -0.528. The number of anilines is 1. The number of unbranched alkanes of at least 4 members (excludes halogenated alkanes) is 5. The molecule has 5 nitrogen and oxygen atoms in total. The number of ether oxygens (including phenoxy) is 1. The molecule has 136 valence electrons. The van der Waals surface area contributed by atoms with E-state index in [1.165, 1.54) is 31.8 Å². The van der Waals surface area contributed by atoms with Crippen LogP contribution in [0.2, 0.25) is 0 Å². The smallest absolute Gasteiger partial charge is 0.333 e. The number of aliphatic hydroxyl groups is 1.